The van der Waals surface area contributed by atoms with Crippen molar-refractivity contribution in [2.45, 2.75) is 19.8 Å². The molecule has 0 spiro atoms. The number of anilines is 2. The Balaban J connectivity index is 1.54. The summed E-state index contributed by atoms with van der Waals surface area (Å²) < 4.78 is 0. The van der Waals surface area contributed by atoms with Crippen LogP contribution in [0.4, 0.5) is 22.7 Å². The Kier molecular flexibility index (Phi) is 6.26. The highest BCUT2D eigenvalue weighted by atomic mass is 16.6. The van der Waals surface area contributed by atoms with Crippen LogP contribution in [0.2, 0.25) is 0 Å². The second kappa shape index (κ2) is 9.44. The van der Waals surface area contributed by atoms with Gasteiger partial charge in [-0.15, -0.1) is 0 Å². The molecule has 2 amide bonds. The molecule has 1 aliphatic rings. The van der Waals surface area contributed by atoms with Crippen molar-refractivity contribution < 1.29 is 14.5 Å². The number of amidine groups is 1. The third kappa shape index (κ3) is 4.95. The molecule has 3 aromatic carbocycles. The van der Waals surface area contributed by atoms with E-state index in [4.69, 9.17) is 0 Å². The largest absolute Gasteiger partial charge is 0.326 e. The van der Waals surface area contributed by atoms with Crippen LogP contribution in [0.1, 0.15) is 18.4 Å². The van der Waals surface area contributed by atoms with Crippen LogP contribution in [0.5, 0.6) is 0 Å². The molecule has 4 rings (SSSR count). The van der Waals surface area contributed by atoms with E-state index in [2.05, 4.69) is 10.3 Å². The van der Waals surface area contributed by atoms with E-state index < -0.39 is 10.8 Å². The van der Waals surface area contributed by atoms with E-state index in [0.717, 1.165) is 5.69 Å². The number of aryl methyl sites for hydroxylation is 1. The number of hydrogen-bond acceptors (Lipinski definition) is 5. The summed E-state index contributed by atoms with van der Waals surface area (Å²) in [7, 11) is 0. The maximum atomic E-state index is 13.3. The number of hydrogen-bond donors (Lipinski definition) is 1. The molecule has 0 aliphatic carbocycles. The van der Waals surface area contributed by atoms with Gasteiger partial charge in [-0.3, -0.25) is 24.6 Å². The highest BCUT2D eigenvalue weighted by Crippen LogP contribution is 2.31. The number of para-hydroxylation sites is 2. The number of nitrogens with one attached hydrogen (secondary N) is 1. The molecule has 33 heavy (non-hydrogen) atoms. The number of benzene rings is 3. The van der Waals surface area contributed by atoms with Gasteiger partial charge in [-0.2, -0.15) is 0 Å². The van der Waals surface area contributed by atoms with E-state index in [1.807, 2.05) is 60.7 Å². The van der Waals surface area contributed by atoms with Gasteiger partial charge in [0.1, 0.15) is 5.84 Å². The van der Waals surface area contributed by atoms with Crippen molar-refractivity contribution in [3.05, 3.63) is 94.5 Å². The van der Waals surface area contributed by atoms with E-state index in [-0.39, 0.29) is 23.9 Å². The Morgan fingerprint density at radius 2 is 1.76 bits per heavy atom. The van der Waals surface area contributed by atoms with E-state index in [9.17, 15) is 19.7 Å². The Hall–Kier alpha value is -4.33. The van der Waals surface area contributed by atoms with Crippen molar-refractivity contribution in [1.29, 1.82) is 0 Å². The van der Waals surface area contributed by atoms with Gasteiger partial charge >= 0.3 is 0 Å². The number of nitro groups is 1. The first-order valence-electron chi connectivity index (χ1n) is 10.5. The summed E-state index contributed by atoms with van der Waals surface area (Å²) in [6.45, 7) is 1.69. The molecule has 1 N–H and O–H groups in total. The first kappa shape index (κ1) is 21.9. The highest BCUT2D eigenvalue weighted by molar-refractivity contribution is 6.24. The smallest absolute Gasteiger partial charge is 0.269 e. The number of carbonyl (C=O) groups excluding carboxylic acids is 2. The minimum Gasteiger partial charge on any atom is -0.326 e. The van der Waals surface area contributed by atoms with Crippen LogP contribution >= 0.6 is 0 Å². The van der Waals surface area contributed by atoms with Crippen LogP contribution in [0.15, 0.2) is 83.9 Å². The minimum absolute atomic E-state index is 0.0214. The molecule has 0 bridgehead atoms. The number of aliphatic imine (C=N–C) groups is 1. The molecule has 3 aromatic rings. The average Bonchev–Trinajstić information content (AvgIpc) is 3.10. The molecule has 1 saturated heterocycles. The van der Waals surface area contributed by atoms with Crippen molar-refractivity contribution in [3.8, 4) is 0 Å². The van der Waals surface area contributed by atoms with Gasteiger partial charge < -0.3 is 5.32 Å². The number of rotatable bonds is 6. The zero-order valence-electron chi connectivity index (χ0n) is 18.0. The fraction of sp³-hybridized carbons (Fsp3) is 0.160. The number of nitro benzene ring substituents is 1. The van der Waals surface area contributed by atoms with Gasteiger partial charge in [-0.05, 0) is 42.8 Å². The molecule has 0 aromatic heterocycles. The van der Waals surface area contributed by atoms with Crippen LogP contribution in [-0.2, 0) is 9.59 Å². The number of nitrogens with zero attached hydrogens (tertiary/aromatic N) is 3. The fourth-order valence-electron chi connectivity index (χ4n) is 3.80. The van der Waals surface area contributed by atoms with Crippen LogP contribution in [-0.4, -0.2) is 22.6 Å². The SMILES string of the molecule is Cc1cc([N+](=O)[O-])ccc1NC(=O)CC1C/C(=N/c2ccccc2)N(c2ccccc2)C1=O. The molecule has 8 nitrogen and oxygen atoms in total. The predicted molar refractivity (Wildman–Crippen MR) is 127 cm³/mol. The molecular weight excluding hydrogens is 420 g/mol. The summed E-state index contributed by atoms with van der Waals surface area (Å²) in [5.74, 6) is -0.501. The molecule has 166 valence electrons. The average molecular weight is 442 g/mol. The predicted octanol–water partition coefficient (Wildman–Crippen LogP) is 5.02. The lowest BCUT2D eigenvalue weighted by molar-refractivity contribution is -0.384. The van der Waals surface area contributed by atoms with Gasteiger partial charge in [0.15, 0.2) is 0 Å². The van der Waals surface area contributed by atoms with Crippen molar-refractivity contribution >= 4 is 40.4 Å². The van der Waals surface area contributed by atoms with Gasteiger partial charge in [-0.25, -0.2) is 4.99 Å². The Bertz CT molecular complexity index is 1230. The molecule has 1 unspecified atom stereocenters. The maximum absolute atomic E-state index is 13.3. The summed E-state index contributed by atoms with van der Waals surface area (Å²) in [5, 5.41) is 13.7. The van der Waals surface area contributed by atoms with Crippen molar-refractivity contribution in [1.82, 2.24) is 0 Å². The lowest BCUT2D eigenvalue weighted by Gasteiger charge is -2.17. The van der Waals surface area contributed by atoms with Crippen LogP contribution < -0.4 is 10.2 Å². The third-order valence-corrected chi connectivity index (χ3v) is 5.41. The molecule has 1 atom stereocenters. The zero-order chi connectivity index (χ0) is 23.4. The van der Waals surface area contributed by atoms with Crippen molar-refractivity contribution in [2.75, 3.05) is 10.2 Å². The normalized spacial score (nSPS) is 16.8. The quantitative estimate of drug-likeness (QED) is 0.428. The standard InChI is InChI=1S/C25H22N4O4/c1-17-14-21(29(32)33)12-13-22(17)27-24(30)16-18-15-23(26-19-8-4-2-5-9-19)28(25(18)31)20-10-6-3-7-11-20/h2-14,18H,15-16H2,1H3,(H,27,30)/b26-23-. The van der Waals surface area contributed by atoms with Gasteiger partial charge in [0.2, 0.25) is 11.8 Å². The topological polar surface area (TPSA) is 105 Å². The summed E-state index contributed by atoms with van der Waals surface area (Å²) in [6, 6.07) is 22.8. The van der Waals surface area contributed by atoms with Gasteiger partial charge in [-0.1, -0.05) is 36.4 Å². The molecule has 1 aliphatic heterocycles. The van der Waals surface area contributed by atoms with Crippen molar-refractivity contribution in [3.63, 3.8) is 0 Å². The molecule has 0 radical (unpaired) electrons. The first-order chi connectivity index (χ1) is 15.9. The lowest BCUT2D eigenvalue weighted by atomic mass is 10.0. The van der Waals surface area contributed by atoms with E-state index in [1.54, 1.807) is 11.8 Å². The van der Waals surface area contributed by atoms with E-state index >= 15 is 0 Å². The summed E-state index contributed by atoms with van der Waals surface area (Å²) >= 11 is 0. The Morgan fingerprint density at radius 1 is 1.09 bits per heavy atom. The maximum Gasteiger partial charge on any atom is 0.269 e. The Labute approximate surface area is 190 Å². The summed E-state index contributed by atoms with van der Waals surface area (Å²) in [5.41, 5.74) is 2.44. The summed E-state index contributed by atoms with van der Waals surface area (Å²) in [6.07, 6.45) is 0.307. The van der Waals surface area contributed by atoms with E-state index in [1.165, 1.54) is 18.2 Å². The molecular formula is C25H22N4O4. The third-order valence-electron chi connectivity index (χ3n) is 5.41. The fourth-order valence-corrected chi connectivity index (χ4v) is 3.80. The highest BCUT2D eigenvalue weighted by Gasteiger charge is 2.39. The first-order valence-corrected chi connectivity index (χ1v) is 10.5. The van der Waals surface area contributed by atoms with Gasteiger partial charge in [0, 0.05) is 30.7 Å². The second-order valence-corrected chi connectivity index (χ2v) is 7.78. The number of non-ortho nitro benzene ring substituents is 1. The zero-order valence-corrected chi connectivity index (χ0v) is 18.0. The van der Waals surface area contributed by atoms with Crippen LogP contribution in [0.3, 0.4) is 0 Å². The van der Waals surface area contributed by atoms with Crippen LogP contribution in [0.25, 0.3) is 0 Å². The second-order valence-electron chi connectivity index (χ2n) is 7.78. The lowest BCUT2D eigenvalue weighted by Crippen LogP contribution is -2.31. The molecule has 1 heterocycles. The van der Waals surface area contributed by atoms with Crippen molar-refractivity contribution in [2.24, 2.45) is 10.9 Å². The minimum atomic E-state index is -0.564. The summed E-state index contributed by atoms with van der Waals surface area (Å²) in [4.78, 5) is 42.7. The molecule has 1 fully saturated rings. The molecule has 0 saturated carbocycles. The van der Waals surface area contributed by atoms with E-state index in [0.29, 0.717) is 29.2 Å². The number of amides is 2. The Morgan fingerprint density at radius 3 is 2.39 bits per heavy atom. The van der Waals surface area contributed by atoms with Crippen LogP contribution in [0, 0.1) is 23.0 Å². The number of carbonyl (C=O) groups is 2. The monoisotopic (exact) mass is 442 g/mol. The molecule has 8 heteroatoms. The van der Waals surface area contributed by atoms with Gasteiger partial charge in [0.25, 0.3) is 5.69 Å². The van der Waals surface area contributed by atoms with Gasteiger partial charge in [0.05, 0.1) is 22.2 Å².